The van der Waals surface area contributed by atoms with Gasteiger partial charge in [0.25, 0.3) is 0 Å². The molecule has 1 fully saturated rings. The van der Waals surface area contributed by atoms with Crippen molar-refractivity contribution in [3.05, 3.63) is 35.9 Å². The fraction of sp³-hybridized carbons (Fsp3) is 0.571. The lowest BCUT2D eigenvalue weighted by Crippen LogP contribution is -2.57. The highest BCUT2D eigenvalue weighted by atomic mass is 15.3. The summed E-state index contributed by atoms with van der Waals surface area (Å²) in [6.45, 7) is 5.75. The minimum Gasteiger partial charge on any atom is -0.323 e. The summed E-state index contributed by atoms with van der Waals surface area (Å²) in [5, 5.41) is 0. The molecule has 1 heterocycles. The molecule has 0 spiro atoms. The first-order valence-corrected chi connectivity index (χ1v) is 6.22. The van der Waals surface area contributed by atoms with Crippen molar-refractivity contribution in [1.29, 1.82) is 0 Å². The third kappa shape index (κ3) is 2.63. The molecule has 1 unspecified atom stereocenters. The molecule has 0 saturated carbocycles. The van der Waals surface area contributed by atoms with E-state index in [2.05, 4.69) is 44.3 Å². The van der Waals surface area contributed by atoms with Crippen molar-refractivity contribution in [3.63, 3.8) is 0 Å². The molecule has 1 aromatic rings. The Morgan fingerprint density at radius 3 is 2.62 bits per heavy atom. The van der Waals surface area contributed by atoms with E-state index in [1.54, 1.807) is 0 Å². The molecule has 1 aromatic carbocycles. The minimum atomic E-state index is 0.363. The number of likely N-dealkylation sites (tertiary alicyclic amines) is 1. The molecule has 0 aromatic heterocycles. The fourth-order valence-corrected chi connectivity index (χ4v) is 2.68. The maximum Gasteiger partial charge on any atom is 0.104 e. The lowest BCUT2D eigenvalue weighted by molar-refractivity contribution is -0.928. The van der Waals surface area contributed by atoms with Crippen LogP contribution in [0.2, 0.25) is 0 Å². The van der Waals surface area contributed by atoms with E-state index in [9.17, 15) is 0 Å². The normalized spacial score (nSPS) is 34.9. The number of hydrogen-bond acceptors (Lipinski definition) is 1. The number of hydrogen-bond donors (Lipinski definition) is 1. The van der Waals surface area contributed by atoms with Gasteiger partial charge in [0.05, 0.1) is 26.2 Å². The number of quaternary nitrogens is 1. The second-order valence-electron chi connectivity index (χ2n) is 5.60. The van der Waals surface area contributed by atoms with Crippen LogP contribution in [0.4, 0.5) is 0 Å². The monoisotopic (exact) mass is 219 g/mol. The Morgan fingerprint density at radius 2 is 2.00 bits per heavy atom. The Hall–Kier alpha value is -0.860. The van der Waals surface area contributed by atoms with Gasteiger partial charge in [-0.05, 0) is 5.92 Å². The van der Waals surface area contributed by atoms with E-state index in [0.29, 0.717) is 12.0 Å². The summed E-state index contributed by atoms with van der Waals surface area (Å²) in [5.74, 6) is 0.682. The van der Waals surface area contributed by atoms with E-state index in [1.807, 2.05) is 0 Å². The van der Waals surface area contributed by atoms with Crippen molar-refractivity contribution in [2.45, 2.75) is 25.9 Å². The van der Waals surface area contributed by atoms with Crippen molar-refractivity contribution in [2.75, 3.05) is 20.1 Å². The standard InChI is InChI=1S/C14H23N2/c1-12-8-9-16(2,11-14(12)15)10-13-6-4-3-5-7-13/h3-7,12,14H,8-11,15H2,1-2H3/q+1/t12-,14+,16?/m1/s1. The van der Waals surface area contributed by atoms with Crippen molar-refractivity contribution < 1.29 is 4.48 Å². The highest BCUT2D eigenvalue weighted by molar-refractivity contribution is 5.13. The Balaban J connectivity index is 2.04. The van der Waals surface area contributed by atoms with Crippen LogP contribution >= 0.6 is 0 Å². The third-order valence-electron chi connectivity index (χ3n) is 3.91. The van der Waals surface area contributed by atoms with Gasteiger partial charge in [0.15, 0.2) is 0 Å². The molecule has 1 aliphatic rings. The SMILES string of the molecule is C[C@@H]1CC[N+](C)(Cc2ccccc2)C[C@@H]1N. The Labute approximate surface area is 98.7 Å². The van der Waals surface area contributed by atoms with Crippen LogP contribution in [-0.4, -0.2) is 30.7 Å². The number of likely N-dealkylation sites (N-methyl/N-ethyl adjacent to an activating group) is 1. The smallest absolute Gasteiger partial charge is 0.104 e. The van der Waals surface area contributed by atoms with E-state index in [-0.39, 0.29) is 0 Å². The van der Waals surface area contributed by atoms with E-state index < -0.39 is 0 Å². The van der Waals surface area contributed by atoms with Crippen LogP contribution in [0.15, 0.2) is 30.3 Å². The highest BCUT2D eigenvalue weighted by Gasteiger charge is 2.33. The van der Waals surface area contributed by atoms with E-state index in [0.717, 1.165) is 17.6 Å². The van der Waals surface area contributed by atoms with Crippen LogP contribution in [-0.2, 0) is 6.54 Å². The predicted octanol–water partition coefficient (Wildman–Crippen LogP) is 2.00. The molecule has 0 radical (unpaired) electrons. The lowest BCUT2D eigenvalue weighted by Gasteiger charge is -2.43. The zero-order chi connectivity index (χ0) is 11.6. The summed E-state index contributed by atoms with van der Waals surface area (Å²) in [7, 11) is 2.33. The highest BCUT2D eigenvalue weighted by Crippen LogP contribution is 2.23. The van der Waals surface area contributed by atoms with E-state index >= 15 is 0 Å². The van der Waals surface area contributed by atoms with Crippen LogP contribution in [0, 0.1) is 5.92 Å². The first-order chi connectivity index (χ1) is 7.59. The number of rotatable bonds is 2. The van der Waals surface area contributed by atoms with Crippen molar-refractivity contribution in [1.82, 2.24) is 0 Å². The molecular formula is C14H23N2+. The zero-order valence-corrected chi connectivity index (χ0v) is 10.4. The summed E-state index contributed by atoms with van der Waals surface area (Å²) in [4.78, 5) is 0. The van der Waals surface area contributed by atoms with Gasteiger partial charge in [-0.2, -0.15) is 0 Å². The first-order valence-electron chi connectivity index (χ1n) is 6.22. The summed E-state index contributed by atoms with van der Waals surface area (Å²) >= 11 is 0. The van der Waals surface area contributed by atoms with E-state index in [1.165, 1.54) is 18.5 Å². The Bertz CT molecular complexity index is 336. The van der Waals surface area contributed by atoms with Gasteiger partial charge in [-0.1, -0.05) is 37.3 Å². The molecule has 2 heteroatoms. The topological polar surface area (TPSA) is 26.0 Å². The Kier molecular flexibility index (Phi) is 3.31. The van der Waals surface area contributed by atoms with Gasteiger partial charge >= 0.3 is 0 Å². The molecule has 0 bridgehead atoms. The van der Waals surface area contributed by atoms with Crippen LogP contribution < -0.4 is 5.73 Å². The molecule has 0 aliphatic carbocycles. The largest absolute Gasteiger partial charge is 0.323 e. The van der Waals surface area contributed by atoms with Crippen LogP contribution in [0.5, 0.6) is 0 Å². The van der Waals surface area contributed by atoms with Crippen LogP contribution in [0.3, 0.4) is 0 Å². The zero-order valence-electron chi connectivity index (χ0n) is 10.4. The third-order valence-corrected chi connectivity index (χ3v) is 3.91. The second kappa shape index (κ2) is 4.56. The molecule has 2 nitrogen and oxygen atoms in total. The van der Waals surface area contributed by atoms with Crippen LogP contribution in [0.25, 0.3) is 0 Å². The Morgan fingerprint density at radius 1 is 1.31 bits per heavy atom. The average Bonchev–Trinajstić information content (AvgIpc) is 2.25. The number of nitrogens with zero attached hydrogens (tertiary/aromatic N) is 1. The number of benzene rings is 1. The summed E-state index contributed by atoms with van der Waals surface area (Å²) in [6, 6.07) is 11.1. The molecule has 0 amide bonds. The minimum absolute atomic E-state index is 0.363. The molecular weight excluding hydrogens is 196 g/mol. The van der Waals surface area contributed by atoms with E-state index in [4.69, 9.17) is 5.73 Å². The van der Waals surface area contributed by atoms with Gasteiger partial charge in [0.2, 0.25) is 0 Å². The van der Waals surface area contributed by atoms with Gasteiger partial charge in [-0.3, -0.25) is 0 Å². The fourth-order valence-electron chi connectivity index (χ4n) is 2.68. The van der Waals surface area contributed by atoms with Gasteiger partial charge in [0.1, 0.15) is 6.54 Å². The quantitative estimate of drug-likeness (QED) is 0.756. The average molecular weight is 219 g/mol. The van der Waals surface area contributed by atoms with Crippen molar-refractivity contribution >= 4 is 0 Å². The molecule has 1 aliphatic heterocycles. The summed E-state index contributed by atoms with van der Waals surface area (Å²) < 4.78 is 1.09. The summed E-state index contributed by atoms with van der Waals surface area (Å²) in [6.07, 6.45) is 1.25. The van der Waals surface area contributed by atoms with Gasteiger partial charge in [-0.25, -0.2) is 0 Å². The van der Waals surface area contributed by atoms with Gasteiger partial charge < -0.3 is 10.2 Å². The molecule has 2 rings (SSSR count). The molecule has 1 saturated heterocycles. The second-order valence-corrected chi connectivity index (χ2v) is 5.60. The predicted molar refractivity (Wildman–Crippen MR) is 67.8 cm³/mol. The van der Waals surface area contributed by atoms with Crippen molar-refractivity contribution in [2.24, 2.45) is 11.7 Å². The maximum atomic E-state index is 6.19. The van der Waals surface area contributed by atoms with Gasteiger partial charge in [0, 0.05) is 12.0 Å². The summed E-state index contributed by atoms with van der Waals surface area (Å²) in [5.41, 5.74) is 7.61. The maximum absolute atomic E-state index is 6.19. The molecule has 88 valence electrons. The number of piperidine rings is 1. The van der Waals surface area contributed by atoms with Crippen molar-refractivity contribution in [3.8, 4) is 0 Å². The number of nitrogens with two attached hydrogens (primary N) is 1. The lowest BCUT2D eigenvalue weighted by atomic mass is 9.92. The molecule has 16 heavy (non-hydrogen) atoms. The first kappa shape index (κ1) is 11.6. The molecule has 3 atom stereocenters. The van der Waals surface area contributed by atoms with Gasteiger partial charge in [-0.15, -0.1) is 0 Å². The van der Waals surface area contributed by atoms with Crippen LogP contribution in [0.1, 0.15) is 18.9 Å². The molecule has 2 N–H and O–H groups in total.